The van der Waals surface area contributed by atoms with Crippen LogP contribution in [-0.4, -0.2) is 71.4 Å². The molecule has 0 spiro atoms. The highest BCUT2D eigenvalue weighted by Gasteiger charge is 2.24. The molecule has 0 unspecified atom stereocenters. The Labute approximate surface area is 204 Å². The van der Waals surface area contributed by atoms with Crippen LogP contribution in [0.5, 0.6) is 23.0 Å². The lowest BCUT2D eigenvalue weighted by atomic mass is 10.1. The van der Waals surface area contributed by atoms with Crippen LogP contribution in [-0.2, 0) is 0 Å². The van der Waals surface area contributed by atoms with E-state index < -0.39 is 0 Å². The fourth-order valence-corrected chi connectivity index (χ4v) is 4.30. The van der Waals surface area contributed by atoms with Gasteiger partial charge in [-0.3, -0.25) is 9.69 Å². The Bertz CT molecular complexity index is 1060. The van der Waals surface area contributed by atoms with Gasteiger partial charge in [-0.15, -0.1) is 12.4 Å². The van der Waals surface area contributed by atoms with E-state index in [0.29, 0.717) is 34.5 Å². The first-order valence-corrected chi connectivity index (χ1v) is 10.9. The summed E-state index contributed by atoms with van der Waals surface area (Å²) in [6.45, 7) is 1.36. The fraction of sp³-hybridized carbons (Fsp3) is 0.391. The van der Waals surface area contributed by atoms with Gasteiger partial charge in [0.05, 0.1) is 38.7 Å². The zero-order chi connectivity index (χ0) is 23.3. The van der Waals surface area contributed by atoms with Gasteiger partial charge < -0.3 is 23.8 Å². The second kappa shape index (κ2) is 11.9. The van der Waals surface area contributed by atoms with E-state index in [0.717, 1.165) is 28.9 Å². The summed E-state index contributed by atoms with van der Waals surface area (Å²) in [6, 6.07) is 9.05. The Hall–Kier alpha value is -2.75. The van der Waals surface area contributed by atoms with Crippen LogP contribution in [0.1, 0.15) is 16.8 Å². The SMILES string of the molecule is COc1ccc2sc(N(CCCN(C)C)C(=O)c3cc(OC)c(OC)c(OC)c3)nc2c1.Cl. The molecule has 0 aliphatic heterocycles. The molecule has 1 heterocycles. The van der Waals surface area contributed by atoms with Crippen LogP contribution in [0.25, 0.3) is 10.2 Å². The Kier molecular flexibility index (Phi) is 9.57. The highest BCUT2D eigenvalue weighted by atomic mass is 35.5. The summed E-state index contributed by atoms with van der Waals surface area (Å²) in [4.78, 5) is 22.2. The van der Waals surface area contributed by atoms with Gasteiger partial charge in [0.25, 0.3) is 5.91 Å². The molecule has 8 nitrogen and oxygen atoms in total. The standard InChI is InChI=1S/C23H29N3O5S.ClH/c1-25(2)10-7-11-26(23-24-17-14-16(28-3)8-9-20(17)32-23)22(27)15-12-18(29-4)21(31-6)19(13-15)30-5;/h8-9,12-14H,7,10-11H2,1-6H3;1H. The van der Waals surface area contributed by atoms with E-state index >= 15 is 0 Å². The number of aromatic nitrogens is 1. The predicted octanol–water partition coefficient (Wildman–Crippen LogP) is 4.35. The maximum Gasteiger partial charge on any atom is 0.260 e. The molecule has 0 bridgehead atoms. The first-order valence-electron chi connectivity index (χ1n) is 10.1. The second-order valence-electron chi connectivity index (χ2n) is 7.36. The van der Waals surface area contributed by atoms with Gasteiger partial charge in [-0.1, -0.05) is 11.3 Å². The summed E-state index contributed by atoms with van der Waals surface area (Å²) in [7, 11) is 10.2. The maximum atomic E-state index is 13.7. The molecule has 0 atom stereocenters. The van der Waals surface area contributed by atoms with Crippen LogP contribution in [0.2, 0.25) is 0 Å². The number of ether oxygens (including phenoxy) is 4. The van der Waals surface area contributed by atoms with Gasteiger partial charge in [0, 0.05) is 18.2 Å². The van der Waals surface area contributed by atoms with Gasteiger partial charge in [-0.25, -0.2) is 4.98 Å². The number of anilines is 1. The molecular weight excluding hydrogens is 466 g/mol. The van der Waals surface area contributed by atoms with Crippen molar-refractivity contribution in [2.75, 3.05) is 60.5 Å². The molecule has 0 fully saturated rings. The van der Waals surface area contributed by atoms with Crippen molar-refractivity contribution in [3.05, 3.63) is 35.9 Å². The molecule has 3 aromatic rings. The van der Waals surface area contributed by atoms with Crippen LogP contribution in [0.4, 0.5) is 5.13 Å². The van der Waals surface area contributed by atoms with Crippen molar-refractivity contribution < 1.29 is 23.7 Å². The number of carbonyl (C=O) groups is 1. The molecule has 0 radical (unpaired) electrons. The average Bonchev–Trinajstić information content (AvgIpc) is 3.22. The molecule has 0 N–H and O–H groups in total. The van der Waals surface area contributed by atoms with E-state index in [-0.39, 0.29) is 18.3 Å². The zero-order valence-corrected chi connectivity index (χ0v) is 21.3. The van der Waals surface area contributed by atoms with E-state index in [2.05, 4.69) is 4.90 Å². The van der Waals surface area contributed by atoms with Crippen LogP contribution in [0, 0.1) is 0 Å². The van der Waals surface area contributed by atoms with Crippen LogP contribution in [0.15, 0.2) is 30.3 Å². The largest absolute Gasteiger partial charge is 0.497 e. The van der Waals surface area contributed by atoms with Gasteiger partial charge in [-0.05, 0) is 51.3 Å². The van der Waals surface area contributed by atoms with Crippen LogP contribution < -0.4 is 23.8 Å². The number of amides is 1. The summed E-state index contributed by atoms with van der Waals surface area (Å²) in [6.07, 6.45) is 0.794. The fourth-order valence-electron chi connectivity index (χ4n) is 3.33. The number of rotatable bonds is 10. The van der Waals surface area contributed by atoms with Crippen molar-refractivity contribution >= 4 is 45.0 Å². The second-order valence-corrected chi connectivity index (χ2v) is 8.37. The van der Waals surface area contributed by atoms with Gasteiger partial charge in [0.1, 0.15) is 5.75 Å². The lowest BCUT2D eigenvalue weighted by Crippen LogP contribution is -2.33. The minimum Gasteiger partial charge on any atom is -0.497 e. The van der Waals surface area contributed by atoms with Crippen molar-refractivity contribution in [3.8, 4) is 23.0 Å². The van der Waals surface area contributed by atoms with Crippen LogP contribution >= 0.6 is 23.7 Å². The number of methoxy groups -OCH3 is 4. The van der Waals surface area contributed by atoms with Gasteiger partial charge in [-0.2, -0.15) is 0 Å². The lowest BCUT2D eigenvalue weighted by molar-refractivity contribution is 0.0985. The molecule has 3 rings (SSSR count). The molecule has 1 aromatic heterocycles. The number of thiazole rings is 1. The van der Waals surface area contributed by atoms with Crippen molar-refractivity contribution in [2.24, 2.45) is 0 Å². The van der Waals surface area contributed by atoms with Crippen molar-refractivity contribution in [1.29, 1.82) is 0 Å². The Balaban J connectivity index is 0.00000385. The zero-order valence-electron chi connectivity index (χ0n) is 19.7. The van der Waals surface area contributed by atoms with E-state index in [9.17, 15) is 4.79 Å². The third-order valence-corrected chi connectivity index (χ3v) is 6.02. The number of benzene rings is 2. The predicted molar refractivity (Wildman–Crippen MR) is 134 cm³/mol. The summed E-state index contributed by atoms with van der Waals surface area (Å²) in [5.74, 6) is 1.84. The van der Waals surface area contributed by atoms with Gasteiger partial charge in [0.2, 0.25) is 5.75 Å². The number of hydrogen-bond donors (Lipinski definition) is 0. The molecule has 0 aliphatic rings. The summed E-state index contributed by atoms with van der Waals surface area (Å²) >= 11 is 1.47. The molecular formula is C23H30ClN3O5S. The molecule has 1 amide bonds. The van der Waals surface area contributed by atoms with Gasteiger partial charge >= 0.3 is 0 Å². The van der Waals surface area contributed by atoms with E-state index in [1.54, 1.807) is 24.1 Å². The first kappa shape index (κ1) is 26.5. The third-order valence-electron chi connectivity index (χ3n) is 4.96. The lowest BCUT2D eigenvalue weighted by Gasteiger charge is -2.22. The first-order chi connectivity index (χ1) is 15.4. The number of hydrogen-bond acceptors (Lipinski definition) is 8. The third kappa shape index (κ3) is 5.98. The minimum atomic E-state index is -0.186. The molecule has 10 heteroatoms. The molecule has 0 aliphatic carbocycles. The number of carbonyl (C=O) groups excluding carboxylic acids is 1. The van der Waals surface area contributed by atoms with Crippen molar-refractivity contribution in [1.82, 2.24) is 9.88 Å². The summed E-state index contributed by atoms with van der Waals surface area (Å²) in [5.41, 5.74) is 1.22. The van der Waals surface area contributed by atoms with E-state index in [1.165, 1.54) is 32.7 Å². The molecule has 180 valence electrons. The van der Waals surface area contributed by atoms with Crippen LogP contribution in [0.3, 0.4) is 0 Å². The minimum absolute atomic E-state index is 0. The number of fused-ring (bicyclic) bond motifs is 1. The number of nitrogens with zero attached hydrogens (tertiary/aromatic N) is 3. The summed E-state index contributed by atoms with van der Waals surface area (Å²) < 4.78 is 22.5. The molecule has 0 saturated carbocycles. The smallest absolute Gasteiger partial charge is 0.260 e. The Morgan fingerprint density at radius 3 is 2.15 bits per heavy atom. The van der Waals surface area contributed by atoms with Crippen molar-refractivity contribution in [3.63, 3.8) is 0 Å². The maximum absolute atomic E-state index is 13.7. The van der Waals surface area contributed by atoms with E-state index in [4.69, 9.17) is 23.9 Å². The number of halogens is 1. The highest BCUT2D eigenvalue weighted by Crippen LogP contribution is 2.39. The summed E-state index contributed by atoms with van der Waals surface area (Å²) in [5, 5.41) is 0.630. The highest BCUT2D eigenvalue weighted by molar-refractivity contribution is 7.22. The molecule has 0 saturated heterocycles. The Morgan fingerprint density at radius 1 is 0.939 bits per heavy atom. The van der Waals surface area contributed by atoms with Gasteiger partial charge in [0.15, 0.2) is 16.6 Å². The average molecular weight is 496 g/mol. The normalized spacial score (nSPS) is 10.6. The Morgan fingerprint density at radius 2 is 1.61 bits per heavy atom. The monoisotopic (exact) mass is 495 g/mol. The van der Waals surface area contributed by atoms with Crippen molar-refractivity contribution in [2.45, 2.75) is 6.42 Å². The quantitative estimate of drug-likeness (QED) is 0.414. The molecule has 2 aromatic carbocycles. The topological polar surface area (TPSA) is 73.4 Å². The molecule has 33 heavy (non-hydrogen) atoms. The van der Waals surface area contributed by atoms with E-state index in [1.807, 2.05) is 32.3 Å².